The third kappa shape index (κ3) is 6.25. The van der Waals surface area contributed by atoms with E-state index in [0.29, 0.717) is 42.2 Å². The Morgan fingerprint density at radius 2 is 1.91 bits per heavy atom. The molecule has 0 aromatic heterocycles. The van der Waals surface area contributed by atoms with Crippen LogP contribution in [0.15, 0.2) is 48.4 Å². The SMILES string of the molecule is C=C(NC1CCCCC1)C(C)C1CC(CCCC)(c2ccc(CC/C(=C/F)CN)cc2)C1. The fourth-order valence-corrected chi connectivity index (χ4v) is 5.85. The lowest BCUT2D eigenvalue weighted by Gasteiger charge is -2.51. The minimum Gasteiger partial charge on any atom is -0.386 e. The normalized spacial score (nSPS) is 25.2. The summed E-state index contributed by atoms with van der Waals surface area (Å²) in [7, 11) is 0. The number of allylic oxidation sites excluding steroid dienone is 1. The quantitative estimate of drug-likeness (QED) is 0.357. The molecule has 3 N–H and O–H groups in total. The van der Waals surface area contributed by atoms with E-state index >= 15 is 0 Å². The molecule has 0 aliphatic heterocycles. The Bertz CT molecular complexity index is 739. The molecule has 1 atom stereocenters. The summed E-state index contributed by atoms with van der Waals surface area (Å²) in [5.41, 5.74) is 10.6. The van der Waals surface area contributed by atoms with Crippen molar-refractivity contribution < 1.29 is 4.39 Å². The molecule has 0 spiro atoms. The first kappa shape index (κ1) is 25.0. The Morgan fingerprint density at radius 3 is 2.50 bits per heavy atom. The van der Waals surface area contributed by atoms with E-state index < -0.39 is 0 Å². The van der Waals surface area contributed by atoms with Crippen molar-refractivity contribution in [2.45, 2.75) is 102 Å². The Hall–Kier alpha value is -1.61. The van der Waals surface area contributed by atoms with Gasteiger partial charge in [-0.15, -0.1) is 0 Å². The zero-order valence-electron chi connectivity index (χ0n) is 20.5. The Labute approximate surface area is 195 Å². The van der Waals surface area contributed by atoms with Gasteiger partial charge in [0.05, 0.1) is 6.33 Å². The average Bonchev–Trinajstić information content (AvgIpc) is 2.80. The van der Waals surface area contributed by atoms with E-state index in [2.05, 4.69) is 50.0 Å². The number of unbranched alkanes of at least 4 members (excludes halogenated alkanes) is 1. The van der Waals surface area contributed by atoms with Crippen LogP contribution in [0.4, 0.5) is 4.39 Å². The maximum absolute atomic E-state index is 12.8. The molecule has 1 aromatic rings. The molecule has 32 heavy (non-hydrogen) atoms. The number of aryl methyl sites for hydroxylation is 1. The molecule has 2 aliphatic rings. The van der Waals surface area contributed by atoms with Gasteiger partial charge in [0.1, 0.15) is 0 Å². The number of nitrogens with one attached hydrogen (secondary N) is 1. The van der Waals surface area contributed by atoms with E-state index in [1.54, 1.807) is 0 Å². The lowest BCUT2D eigenvalue weighted by molar-refractivity contribution is 0.0911. The van der Waals surface area contributed by atoms with Gasteiger partial charge < -0.3 is 11.1 Å². The second-order valence-corrected chi connectivity index (χ2v) is 10.5. The summed E-state index contributed by atoms with van der Waals surface area (Å²) in [6, 6.07) is 9.80. The smallest absolute Gasteiger partial charge is 0.0871 e. The maximum Gasteiger partial charge on any atom is 0.0871 e. The van der Waals surface area contributed by atoms with Crippen molar-refractivity contribution >= 4 is 0 Å². The minimum atomic E-state index is 0.301. The van der Waals surface area contributed by atoms with E-state index in [4.69, 9.17) is 5.73 Å². The predicted octanol–water partition coefficient (Wildman–Crippen LogP) is 7.34. The van der Waals surface area contributed by atoms with Crippen molar-refractivity contribution in [2.75, 3.05) is 6.54 Å². The minimum absolute atomic E-state index is 0.301. The number of benzene rings is 1. The van der Waals surface area contributed by atoms with Crippen LogP contribution in [0.25, 0.3) is 0 Å². The van der Waals surface area contributed by atoms with Crippen molar-refractivity contribution in [3.8, 4) is 0 Å². The van der Waals surface area contributed by atoms with Crippen LogP contribution < -0.4 is 11.1 Å². The average molecular weight is 441 g/mol. The van der Waals surface area contributed by atoms with Gasteiger partial charge in [-0.3, -0.25) is 0 Å². The maximum atomic E-state index is 12.8. The first-order valence-electron chi connectivity index (χ1n) is 13.0. The fraction of sp³-hybridized carbons (Fsp3) is 0.655. The van der Waals surface area contributed by atoms with Gasteiger partial charge in [-0.2, -0.15) is 0 Å². The van der Waals surface area contributed by atoms with Gasteiger partial charge in [0.15, 0.2) is 0 Å². The zero-order chi connectivity index (χ0) is 23.0. The summed E-state index contributed by atoms with van der Waals surface area (Å²) in [5, 5.41) is 3.78. The lowest BCUT2D eigenvalue weighted by Crippen LogP contribution is -2.46. The summed E-state index contributed by atoms with van der Waals surface area (Å²) >= 11 is 0. The molecule has 0 bridgehead atoms. The van der Waals surface area contributed by atoms with Gasteiger partial charge in [0.2, 0.25) is 0 Å². The van der Waals surface area contributed by atoms with E-state index in [9.17, 15) is 4.39 Å². The molecule has 0 saturated heterocycles. The number of nitrogens with two attached hydrogens (primary N) is 1. The van der Waals surface area contributed by atoms with Crippen LogP contribution in [-0.2, 0) is 11.8 Å². The highest BCUT2D eigenvalue weighted by Crippen LogP contribution is 2.54. The number of hydrogen-bond donors (Lipinski definition) is 2. The molecule has 2 fully saturated rings. The van der Waals surface area contributed by atoms with Gasteiger partial charge in [0, 0.05) is 18.3 Å². The van der Waals surface area contributed by atoms with Gasteiger partial charge in [0.25, 0.3) is 0 Å². The van der Waals surface area contributed by atoms with Gasteiger partial charge >= 0.3 is 0 Å². The summed E-state index contributed by atoms with van der Waals surface area (Å²) in [6.45, 7) is 9.41. The van der Waals surface area contributed by atoms with Crippen molar-refractivity contribution in [3.05, 3.63) is 59.6 Å². The summed E-state index contributed by atoms with van der Waals surface area (Å²) in [6.07, 6.45) is 15.3. The molecule has 2 saturated carbocycles. The number of rotatable bonds is 12. The van der Waals surface area contributed by atoms with Gasteiger partial charge in [-0.1, -0.05) is 76.8 Å². The molecule has 0 heterocycles. The first-order chi connectivity index (χ1) is 15.5. The second kappa shape index (κ2) is 12.0. The van der Waals surface area contributed by atoms with Crippen molar-refractivity contribution in [3.63, 3.8) is 0 Å². The number of hydrogen-bond acceptors (Lipinski definition) is 2. The van der Waals surface area contributed by atoms with E-state index in [1.807, 2.05) is 0 Å². The van der Waals surface area contributed by atoms with Crippen LogP contribution in [-0.4, -0.2) is 12.6 Å². The van der Waals surface area contributed by atoms with E-state index in [-0.39, 0.29) is 0 Å². The molecular weight excluding hydrogens is 395 g/mol. The molecular formula is C29H45FN2. The van der Waals surface area contributed by atoms with Crippen molar-refractivity contribution in [2.24, 2.45) is 17.6 Å². The zero-order valence-corrected chi connectivity index (χ0v) is 20.5. The van der Waals surface area contributed by atoms with Crippen molar-refractivity contribution in [1.82, 2.24) is 5.32 Å². The fourth-order valence-electron chi connectivity index (χ4n) is 5.85. The Kier molecular flexibility index (Phi) is 9.40. The van der Waals surface area contributed by atoms with Crippen LogP contribution in [0.3, 0.4) is 0 Å². The largest absolute Gasteiger partial charge is 0.386 e. The standard InChI is InChI=1S/C29H45FN2/c1-4-5-17-29(27-15-13-24(14-16-27)11-12-25(20-30)21-31)18-26(19-29)22(2)23(3)32-28-9-7-6-8-10-28/h13-16,20,22,26,28,32H,3-12,17-19,21,31H2,1-2H3/b25-20-. The monoisotopic (exact) mass is 440 g/mol. The lowest BCUT2D eigenvalue weighted by atomic mass is 9.53. The van der Waals surface area contributed by atoms with Gasteiger partial charge in [-0.05, 0) is 78.9 Å². The third-order valence-corrected chi connectivity index (χ3v) is 8.28. The highest BCUT2D eigenvalue weighted by atomic mass is 19.1. The summed E-state index contributed by atoms with van der Waals surface area (Å²) in [4.78, 5) is 0. The molecule has 0 amide bonds. The Balaban J connectivity index is 1.59. The van der Waals surface area contributed by atoms with Crippen LogP contribution >= 0.6 is 0 Å². The highest BCUT2D eigenvalue weighted by molar-refractivity contribution is 5.33. The van der Waals surface area contributed by atoms with E-state index in [0.717, 1.165) is 12.3 Å². The molecule has 3 heteroatoms. The Morgan fingerprint density at radius 1 is 1.22 bits per heavy atom. The topological polar surface area (TPSA) is 38.0 Å². The molecule has 2 nitrogen and oxygen atoms in total. The molecule has 178 valence electrons. The molecule has 1 aromatic carbocycles. The summed E-state index contributed by atoms with van der Waals surface area (Å²) in [5.74, 6) is 1.25. The predicted molar refractivity (Wildman–Crippen MR) is 135 cm³/mol. The summed E-state index contributed by atoms with van der Waals surface area (Å²) < 4.78 is 12.8. The van der Waals surface area contributed by atoms with Crippen LogP contribution in [0.1, 0.15) is 95.6 Å². The molecule has 1 unspecified atom stereocenters. The van der Waals surface area contributed by atoms with E-state index in [1.165, 1.54) is 81.0 Å². The van der Waals surface area contributed by atoms with Crippen molar-refractivity contribution in [1.29, 1.82) is 0 Å². The molecule has 3 rings (SSSR count). The van der Waals surface area contributed by atoms with Gasteiger partial charge in [-0.25, -0.2) is 4.39 Å². The third-order valence-electron chi connectivity index (χ3n) is 8.28. The van der Waals surface area contributed by atoms with Crippen LogP contribution in [0.2, 0.25) is 0 Å². The molecule has 2 aliphatic carbocycles. The second-order valence-electron chi connectivity index (χ2n) is 10.5. The van der Waals surface area contributed by atoms with Crippen LogP contribution in [0.5, 0.6) is 0 Å². The van der Waals surface area contributed by atoms with Crippen LogP contribution in [0, 0.1) is 11.8 Å². The molecule has 0 radical (unpaired) electrons. The first-order valence-corrected chi connectivity index (χ1v) is 13.0. The highest BCUT2D eigenvalue weighted by Gasteiger charge is 2.47. The number of halogens is 1.